The van der Waals surface area contributed by atoms with Crippen LogP contribution in [-0.4, -0.2) is 30.1 Å². The lowest BCUT2D eigenvalue weighted by Gasteiger charge is -1.96. The fourth-order valence-corrected chi connectivity index (χ4v) is 4.79. The third-order valence-electron chi connectivity index (χ3n) is 3.84. The van der Waals surface area contributed by atoms with E-state index in [1.54, 1.807) is 46.9 Å². The quantitative estimate of drug-likeness (QED) is 0.354. The van der Waals surface area contributed by atoms with Gasteiger partial charge in [0.05, 0.1) is 41.8 Å². The van der Waals surface area contributed by atoms with Crippen LogP contribution in [0.25, 0.3) is 20.4 Å². The molecule has 2 heterocycles. The first-order valence-electron chi connectivity index (χ1n) is 8.58. The van der Waals surface area contributed by atoms with E-state index in [2.05, 4.69) is 30.4 Å². The highest BCUT2D eigenvalue weighted by Crippen LogP contribution is 2.27. The van der Waals surface area contributed by atoms with Crippen LogP contribution in [0.2, 0.25) is 0 Å². The van der Waals surface area contributed by atoms with Gasteiger partial charge in [0, 0.05) is 0 Å². The normalized spacial score (nSPS) is 12.8. The third-order valence-corrected chi connectivity index (χ3v) is 6.76. The number of thiazole rings is 2. The van der Waals surface area contributed by atoms with Gasteiger partial charge in [-0.15, -0.1) is 22.7 Å². The summed E-state index contributed by atoms with van der Waals surface area (Å²) in [7, 11) is -3.55. The number of sulfone groups is 1. The summed E-state index contributed by atoms with van der Waals surface area (Å²) in [5.74, 6) is -0.908. The van der Waals surface area contributed by atoms with Crippen LogP contribution >= 0.6 is 22.7 Å². The smallest absolute Gasteiger partial charge is 0.194 e. The molecular formula is C18H16N6O2S3. The molecule has 2 aromatic carbocycles. The van der Waals surface area contributed by atoms with Gasteiger partial charge in [0.2, 0.25) is 0 Å². The maximum absolute atomic E-state index is 12.1. The molecule has 0 saturated heterocycles. The summed E-state index contributed by atoms with van der Waals surface area (Å²) < 4.78 is 26.3. The zero-order chi connectivity index (χ0) is 20.4. The molecule has 4 rings (SSSR count). The molecule has 0 N–H and O–H groups in total. The lowest BCUT2D eigenvalue weighted by Crippen LogP contribution is -2.06. The van der Waals surface area contributed by atoms with E-state index in [9.17, 15) is 8.42 Å². The molecule has 148 valence electrons. The Bertz CT molecular complexity index is 1260. The monoisotopic (exact) mass is 444 g/mol. The molecule has 0 atom stereocenters. The summed E-state index contributed by atoms with van der Waals surface area (Å²) in [5.41, 5.74) is 2.78. The molecule has 11 heteroatoms. The molecule has 0 saturated carbocycles. The highest BCUT2D eigenvalue weighted by Gasteiger charge is 2.09. The minimum absolute atomic E-state index is 0.454. The Labute approximate surface area is 175 Å². The van der Waals surface area contributed by atoms with Crippen molar-refractivity contribution in [2.75, 3.05) is 11.8 Å². The largest absolute Gasteiger partial charge is 0.241 e. The van der Waals surface area contributed by atoms with Gasteiger partial charge in [-0.2, -0.15) is 20.5 Å². The van der Waals surface area contributed by atoms with Crippen LogP contribution in [0.1, 0.15) is 10.0 Å². The van der Waals surface area contributed by atoms with Crippen molar-refractivity contribution < 1.29 is 8.42 Å². The van der Waals surface area contributed by atoms with Crippen LogP contribution < -0.4 is 0 Å². The third kappa shape index (κ3) is 4.86. The van der Waals surface area contributed by atoms with Crippen molar-refractivity contribution in [1.29, 1.82) is 0 Å². The second-order valence-corrected chi connectivity index (χ2v) is 10.7. The van der Waals surface area contributed by atoms with Crippen LogP contribution in [0.15, 0.2) is 56.9 Å². The van der Waals surface area contributed by atoms with Gasteiger partial charge >= 0.3 is 0 Å². The van der Waals surface area contributed by atoms with E-state index < -0.39 is 21.6 Å². The number of hydrogen-bond donors (Lipinski definition) is 0. The van der Waals surface area contributed by atoms with Crippen molar-refractivity contribution in [3.05, 3.63) is 46.4 Å². The number of rotatable bonds is 6. The lowest BCUT2D eigenvalue weighted by molar-refractivity contribution is 0.595. The van der Waals surface area contributed by atoms with Crippen molar-refractivity contribution in [3.63, 3.8) is 0 Å². The molecule has 0 aliphatic carbocycles. The van der Waals surface area contributed by atoms with Crippen LogP contribution in [0.3, 0.4) is 0 Å². The van der Waals surface area contributed by atoms with E-state index >= 15 is 0 Å². The Morgan fingerprint density at radius 2 is 1.24 bits per heavy atom. The predicted molar refractivity (Wildman–Crippen MR) is 116 cm³/mol. The van der Waals surface area contributed by atoms with Crippen molar-refractivity contribution >= 4 is 64.3 Å². The zero-order valence-electron chi connectivity index (χ0n) is 15.6. The van der Waals surface area contributed by atoms with E-state index in [1.165, 1.54) is 0 Å². The molecule has 2 aromatic heterocycles. The first kappa shape index (κ1) is 19.7. The number of hydrogen-bond acceptors (Lipinski definition) is 10. The molecule has 0 fully saturated rings. The van der Waals surface area contributed by atoms with Gasteiger partial charge in [-0.25, -0.2) is 18.4 Å². The van der Waals surface area contributed by atoms with E-state index in [4.69, 9.17) is 0 Å². The summed E-state index contributed by atoms with van der Waals surface area (Å²) in [4.78, 5) is 8.78. The standard InChI is InChI=1S/C18H16N6O2S3/c1-11-21-15-7-13(3-5-17(15)27-11)23-19-9-29(25,26)10-20-24-14-4-6-18-16(8-14)22-12(2)28-18/h3-8H,9-10H2,1-2H3. The molecule has 0 unspecified atom stereocenters. The van der Waals surface area contributed by atoms with Crippen molar-refractivity contribution in [2.24, 2.45) is 20.5 Å². The van der Waals surface area contributed by atoms with Gasteiger partial charge in [-0.3, -0.25) is 0 Å². The molecule has 0 aliphatic heterocycles. The zero-order valence-corrected chi connectivity index (χ0v) is 18.1. The molecule has 29 heavy (non-hydrogen) atoms. The average Bonchev–Trinajstić information content (AvgIpc) is 3.21. The van der Waals surface area contributed by atoms with Crippen LogP contribution in [-0.2, 0) is 9.84 Å². The summed E-state index contributed by atoms with van der Waals surface area (Å²) in [6, 6.07) is 10.9. The van der Waals surface area contributed by atoms with E-state index in [-0.39, 0.29) is 0 Å². The number of aromatic nitrogens is 2. The molecule has 0 amide bonds. The van der Waals surface area contributed by atoms with Crippen LogP contribution in [0, 0.1) is 13.8 Å². The molecule has 0 aliphatic rings. The van der Waals surface area contributed by atoms with Crippen LogP contribution in [0.5, 0.6) is 0 Å². The fourth-order valence-electron chi connectivity index (χ4n) is 2.62. The number of aryl methyl sites for hydroxylation is 2. The number of benzene rings is 2. The maximum Gasteiger partial charge on any atom is 0.194 e. The fraction of sp³-hybridized carbons (Fsp3) is 0.222. The lowest BCUT2D eigenvalue weighted by atomic mass is 10.3. The summed E-state index contributed by atoms with van der Waals surface area (Å²) in [6.45, 7) is 3.87. The minimum atomic E-state index is -3.55. The summed E-state index contributed by atoms with van der Waals surface area (Å²) in [6.07, 6.45) is 0. The molecule has 4 aromatic rings. The van der Waals surface area contributed by atoms with E-state index in [0.29, 0.717) is 11.4 Å². The van der Waals surface area contributed by atoms with Gasteiger partial charge in [0.15, 0.2) is 21.6 Å². The first-order valence-corrected chi connectivity index (χ1v) is 12.0. The highest BCUT2D eigenvalue weighted by molar-refractivity contribution is 7.91. The van der Waals surface area contributed by atoms with Crippen LogP contribution in [0.4, 0.5) is 11.4 Å². The van der Waals surface area contributed by atoms with E-state index in [1.807, 2.05) is 26.0 Å². The maximum atomic E-state index is 12.1. The molecule has 0 bridgehead atoms. The molecule has 0 radical (unpaired) electrons. The Hall–Kier alpha value is -2.63. The Kier molecular flexibility index (Phi) is 5.43. The van der Waals surface area contributed by atoms with Gasteiger partial charge < -0.3 is 0 Å². The summed E-state index contributed by atoms with van der Waals surface area (Å²) in [5, 5.41) is 17.5. The van der Waals surface area contributed by atoms with Gasteiger partial charge in [-0.05, 0) is 50.2 Å². The van der Waals surface area contributed by atoms with Crippen molar-refractivity contribution in [1.82, 2.24) is 9.97 Å². The minimum Gasteiger partial charge on any atom is -0.241 e. The van der Waals surface area contributed by atoms with Crippen molar-refractivity contribution in [2.45, 2.75) is 13.8 Å². The Balaban J connectivity index is 1.38. The second-order valence-electron chi connectivity index (χ2n) is 6.25. The molecule has 8 nitrogen and oxygen atoms in total. The Morgan fingerprint density at radius 1 is 0.793 bits per heavy atom. The Morgan fingerprint density at radius 3 is 1.69 bits per heavy atom. The highest BCUT2D eigenvalue weighted by atomic mass is 32.2. The molecular weight excluding hydrogens is 428 g/mol. The number of azo groups is 2. The second kappa shape index (κ2) is 8.01. The van der Waals surface area contributed by atoms with Gasteiger partial charge in [-0.1, -0.05) is 0 Å². The van der Waals surface area contributed by atoms with E-state index in [0.717, 1.165) is 30.4 Å². The first-order chi connectivity index (χ1) is 13.9. The van der Waals surface area contributed by atoms with Gasteiger partial charge in [0.1, 0.15) is 0 Å². The molecule has 0 spiro atoms. The SMILES string of the molecule is Cc1nc2cc(N=NCS(=O)(=O)CN=Nc3ccc4sc(C)nc4c3)ccc2s1. The predicted octanol–water partition coefficient (Wildman–Crippen LogP) is 5.72. The number of fused-ring (bicyclic) bond motifs is 2. The summed E-state index contributed by atoms with van der Waals surface area (Å²) >= 11 is 3.18. The van der Waals surface area contributed by atoms with Gasteiger partial charge in [0.25, 0.3) is 0 Å². The van der Waals surface area contributed by atoms with Crippen molar-refractivity contribution in [3.8, 4) is 0 Å². The number of nitrogens with zero attached hydrogens (tertiary/aromatic N) is 6. The average molecular weight is 445 g/mol. The topological polar surface area (TPSA) is 109 Å².